The molecule has 2 aliphatic rings. The van der Waals surface area contributed by atoms with Crippen LogP contribution in [-0.4, -0.2) is 63.2 Å². The minimum Gasteiger partial charge on any atom is -0.377 e. The number of rotatable bonds is 6. The van der Waals surface area contributed by atoms with Crippen LogP contribution in [-0.2, 0) is 23.1 Å². The van der Waals surface area contributed by atoms with Crippen molar-refractivity contribution in [2.24, 2.45) is 7.05 Å². The van der Waals surface area contributed by atoms with Gasteiger partial charge in [0.15, 0.2) is 5.65 Å². The van der Waals surface area contributed by atoms with Crippen LogP contribution in [0.1, 0.15) is 31.5 Å². The van der Waals surface area contributed by atoms with Gasteiger partial charge in [0.05, 0.1) is 24.9 Å². The van der Waals surface area contributed by atoms with Crippen LogP contribution in [0.25, 0.3) is 11.0 Å². The lowest BCUT2D eigenvalue weighted by Crippen LogP contribution is -2.38. The van der Waals surface area contributed by atoms with Crippen molar-refractivity contribution in [2.45, 2.75) is 44.4 Å². The molecule has 0 unspecified atom stereocenters. The number of aromatic amines is 1. The topological polar surface area (TPSA) is 85.3 Å². The van der Waals surface area contributed by atoms with Gasteiger partial charge in [0, 0.05) is 33.4 Å². The van der Waals surface area contributed by atoms with Crippen LogP contribution in [0.3, 0.4) is 0 Å². The third-order valence-corrected chi connectivity index (χ3v) is 5.00. The number of aromatic nitrogens is 4. The standard InChI is InChI=1S/C17H25N5O3/c1-21-16-14(8-18-21)17(23)20-15(19-16)11-22(9-12-4-2-6-24-12)10-13-5-3-7-25-13/h8,12-13H,2-7,9-11H2,1H3,(H,19,20,23)/t12-,13-/m0/s1. The molecular weight excluding hydrogens is 322 g/mol. The SMILES string of the molecule is Cn1ncc2c(=O)[nH]c(CN(C[C@@H]3CCCO3)C[C@@H]3CCCO3)nc21. The number of fused-ring (bicyclic) bond motifs is 1. The summed E-state index contributed by atoms with van der Waals surface area (Å²) in [6.45, 7) is 3.94. The van der Waals surface area contributed by atoms with Gasteiger partial charge in [0.25, 0.3) is 5.56 Å². The first-order valence-electron chi connectivity index (χ1n) is 9.05. The highest BCUT2D eigenvalue weighted by molar-refractivity contribution is 5.72. The lowest BCUT2D eigenvalue weighted by atomic mass is 10.2. The van der Waals surface area contributed by atoms with E-state index in [1.807, 2.05) is 0 Å². The van der Waals surface area contributed by atoms with Crippen LogP contribution in [0.2, 0.25) is 0 Å². The Morgan fingerprint density at radius 1 is 1.24 bits per heavy atom. The van der Waals surface area contributed by atoms with E-state index >= 15 is 0 Å². The fourth-order valence-electron chi connectivity index (χ4n) is 3.72. The molecular formula is C17H25N5O3. The first-order chi connectivity index (χ1) is 12.2. The molecule has 136 valence electrons. The zero-order valence-corrected chi connectivity index (χ0v) is 14.6. The van der Waals surface area contributed by atoms with Crippen LogP contribution in [0.4, 0.5) is 0 Å². The quantitative estimate of drug-likeness (QED) is 0.833. The summed E-state index contributed by atoms with van der Waals surface area (Å²) < 4.78 is 13.2. The third kappa shape index (κ3) is 3.75. The van der Waals surface area contributed by atoms with Crippen molar-refractivity contribution in [3.8, 4) is 0 Å². The van der Waals surface area contributed by atoms with E-state index in [2.05, 4.69) is 20.0 Å². The molecule has 1 N–H and O–H groups in total. The Balaban J connectivity index is 1.53. The number of ether oxygens (including phenoxy) is 2. The second-order valence-corrected chi connectivity index (χ2v) is 6.98. The number of H-pyrrole nitrogens is 1. The predicted molar refractivity (Wildman–Crippen MR) is 92.4 cm³/mol. The molecule has 0 radical (unpaired) electrons. The molecule has 2 aromatic heterocycles. The number of aryl methyl sites for hydroxylation is 1. The fraction of sp³-hybridized carbons (Fsp3) is 0.706. The number of nitrogens with one attached hydrogen (secondary N) is 1. The van der Waals surface area contributed by atoms with Crippen LogP contribution in [0, 0.1) is 0 Å². The van der Waals surface area contributed by atoms with Gasteiger partial charge in [-0.05, 0) is 25.7 Å². The number of hydrogen-bond acceptors (Lipinski definition) is 6. The molecule has 0 aliphatic carbocycles. The summed E-state index contributed by atoms with van der Waals surface area (Å²) in [5.41, 5.74) is 0.482. The molecule has 0 bridgehead atoms. The van der Waals surface area contributed by atoms with Crippen molar-refractivity contribution in [3.63, 3.8) is 0 Å². The molecule has 2 fully saturated rings. The van der Waals surface area contributed by atoms with E-state index in [1.165, 1.54) is 0 Å². The summed E-state index contributed by atoms with van der Waals surface area (Å²) in [5.74, 6) is 0.664. The third-order valence-electron chi connectivity index (χ3n) is 5.00. The first kappa shape index (κ1) is 16.7. The Labute approximate surface area is 146 Å². The van der Waals surface area contributed by atoms with Gasteiger partial charge in [-0.1, -0.05) is 0 Å². The zero-order valence-electron chi connectivity index (χ0n) is 14.6. The minimum absolute atomic E-state index is 0.137. The van der Waals surface area contributed by atoms with E-state index in [0.29, 0.717) is 23.4 Å². The van der Waals surface area contributed by atoms with Crippen molar-refractivity contribution < 1.29 is 9.47 Å². The summed E-state index contributed by atoms with van der Waals surface area (Å²) in [6, 6.07) is 0. The predicted octanol–water partition coefficient (Wildman–Crippen LogP) is 0.817. The average Bonchev–Trinajstić information content (AvgIpc) is 3.32. The second kappa shape index (κ2) is 7.23. The Hall–Kier alpha value is -1.77. The lowest BCUT2D eigenvalue weighted by molar-refractivity contribution is 0.0336. The Morgan fingerprint density at radius 3 is 2.52 bits per heavy atom. The molecule has 8 nitrogen and oxygen atoms in total. The van der Waals surface area contributed by atoms with Gasteiger partial charge >= 0.3 is 0 Å². The van der Waals surface area contributed by atoms with Gasteiger partial charge in [-0.2, -0.15) is 5.10 Å². The summed E-state index contributed by atoms with van der Waals surface area (Å²) >= 11 is 0. The maximum absolute atomic E-state index is 12.3. The van der Waals surface area contributed by atoms with Gasteiger partial charge < -0.3 is 14.5 Å². The van der Waals surface area contributed by atoms with E-state index in [0.717, 1.165) is 52.0 Å². The normalized spacial score (nSPS) is 23.9. The molecule has 4 heterocycles. The highest BCUT2D eigenvalue weighted by atomic mass is 16.5. The second-order valence-electron chi connectivity index (χ2n) is 6.98. The average molecular weight is 347 g/mol. The lowest BCUT2D eigenvalue weighted by Gasteiger charge is -2.27. The fourth-order valence-corrected chi connectivity index (χ4v) is 3.72. The smallest absolute Gasteiger partial charge is 0.262 e. The molecule has 0 spiro atoms. The molecule has 2 saturated heterocycles. The summed E-state index contributed by atoms with van der Waals surface area (Å²) in [4.78, 5) is 22.1. The minimum atomic E-state index is -0.137. The van der Waals surface area contributed by atoms with Gasteiger partial charge in [0.2, 0.25) is 0 Å². The van der Waals surface area contributed by atoms with Crippen LogP contribution in [0.15, 0.2) is 11.0 Å². The molecule has 0 saturated carbocycles. The largest absolute Gasteiger partial charge is 0.377 e. The Bertz CT molecular complexity index is 756. The first-order valence-corrected chi connectivity index (χ1v) is 9.05. The van der Waals surface area contributed by atoms with Crippen LogP contribution >= 0.6 is 0 Å². The van der Waals surface area contributed by atoms with Gasteiger partial charge in [-0.3, -0.25) is 14.4 Å². The van der Waals surface area contributed by atoms with Gasteiger partial charge in [0.1, 0.15) is 11.2 Å². The number of nitrogens with zero attached hydrogens (tertiary/aromatic N) is 4. The molecule has 2 aliphatic heterocycles. The van der Waals surface area contributed by atoms with Crippen LogP contribution in [0.5, 0.6) is 0 Å². The highest BCUT2D eigenvalue weighted by Gasteiger charge is 2.24. The van der Waals surface area contributed by atoms with Crippen molar-refractivity contribution in [2.75, 3.05) is 26.3 Å². The number of hydrogen-bond donors (Lipinski definition) is 1. The Kier molecular flexibility index (Phi) is 4.82. The van der Waals surface area contributed by atoms with Crippen molar-refractivity contribution in [3.05, 3.63) is 22.4 Å². The molecule has 2 aromatic rings. The molecule has 2 atom stereocenters. The van der Waals surface area contributed by atoms with E-state index in [1.54, 1.807) is 17.9 Å². The molecule has 0 amide bonds. The van der Waals surface area contributed by atoms with Crippen LogP contribution < -0.4 is 5.56 Å². The summed E-state index contributed by atoms with van der Waals surface area (Å²) in [7, 11) is 1.80. The molecule has 0 aromatic carbocycles. The van der Waals surface area contributed by atoms with Crippen molar-refractivity contribution in [1.29, 1.82) is 0 Å². The monoisotopic (exact) mass is 347 g/mol. The van der Waals surface area contributed by atoms with Crippen molar-refractivity contribution in [1.82, 2.24) is 24.6 Å². The van der Waals surface area contributed by atoms with E-state index in [-0.39, 0.29) is 17.8 Å². The highest BCUT2D eigenvalue weighted by Crippen LogP contribution is 2.18. The molecule has 25 heavy (non-hydrogen) atoms. The maximum atomic E-state index is 12.3. The van der Waals surface area contributed by atoms with E-state index in [4.69, 9.17) is 9.47 Å². The maximum Gasteiger partial charge on any atom is 0.262 e. The molecule has 8 heteroatoms. The van der Waals surface area contributed by atoms with Crippen molar-refractivity contribution >= 4 is 11.0 Å². The van der Waals surface area contributed by atoms with E-state index in [9.17, 15) is 4.79 Å². The Morgan fingerprint density at radius 2 is 1.92 bits per heavy atom. The van der Waals surface area contributed by atoms with Gasteiger partial charge in [-0.25, -0.2) is 4.98 Å². The summed E-state index contributed by atoms with van der Waals surface area (Å²) in [6.07, 6.45) is 6.49. The zero-order chi connectivity index (χ0) is 17.2. The van der Waals surface area contributed by atoms with E-state index < -0.39 is 0 Å². The molecule has 4 rings (SSSR count). The summed E-state index contributed by atoms with van der Waals surface area (Å²) in [5, 5.41) is 4.65. The van der Waals surface area contributed by atoms with Gasteiger partial charge in [-0.15, -0.1) is 0 Å².